The first-order valence-corrected chi connectivity index (χ1v) is 8.77. The van der Waals surface area contributed by atoms with E-state index in [1.807, 2.05) is 0 Å². The van der Waals surface area contributed by atoms with Crippen molar-refractivity contribution < 1.29 is 0 Å². The highest BCUT2D eigenvalue weighted by Crippen LogP contribution is 2.25. The summed E-state index contributed by atoms with van der Waals surface area (Å²) in [6.45, 7) is 9.86. The molecule has 1 aliphatic heterocycles. The van der Waals surface area contributed by atoms with Gasteiger partial charge in [-0.15, -0.1) is 0 Å². The largest absolute Gasteiger partial charge is 0.312 e. The van der Waals surface area contributed by atoms with Crippen molar-refractivity contribution in [2.24, 2.45) is 11.8 Å². The van der Waals surface area contributed by atoms with Crippen LogP contribution >= 0.6 is 0 Å². The minimum atomic E-state index is 0.762. The molecule has 1 N–H and O–H groups in total. The van der Waals surface area contributed by atoms with E-state index in [4.69, 9.17) is 0 Å². The Bertz CT molecular complexity index is 221. The van der Waals surface area contributed by atoms with Gasteiger partial charge < -0.3 is 10.2 Å². The van der Waals surface area contributed by atoms with Gasteiger partial charge in [0.2, 0.25) is 0 Å². The van der Waals surface area contributed by atoms with Gasteiger partial charge in [-0.05, 0) is 57.0 Å². The van der Waals surface area contributed by atoms with Crippen LogP contribution in [0.3, 0.4) is 0 Å². The van der Waals surface area contributed by atoms with E-state index in [2.05, 4.69) is 24.1 Å². The quantitative estimate of drug-likeness (QED) is 0.756. The Hall–Kier alpha value is -0.0800. The zero-order valence-electron chi connectivity index (χ0n) is 13.2. The van der Waals surface area contributed by atoms with Crippen LogP contribution in [0.2, 0.25) is 0 Å². The maximum atomic E-state index is 3.90. The molecule has 1 aliphatic carbocycles. The van der Waals surface area contributed by atoms with Crippen molar-refractivity contribution in [1.29, 1.82) is 0 Å². The van der Waals surface area contributed by atoms with Crippen LogP contribution in [0.1, 0.15) is 65.2 Å². The van der Waals surface area contributed by atoms with Gasteiger partial charge in [-0.1, -0.05) is 33.1 Å². The van der Waals surface area contributed by atoms with Crippen LogP contribution in [-0.4, -0.2) is 37.1 Å². The predicted octanol–water partition coefficient (Wildman–Crippen LogP) is 3.67. The van der Waals surface area contributed by atoms with Gasteiger partial charge in [-0.25, -0.2) is 0 Å². The van der Waals surface area contributed by atoms with Crippen LogP contribution in [0.5, 0.6) is 0 Å². The number of rotatable bonds is 7. The fourth-order valence-corrected chi connectivity index (χ4v) is 4.11. The smallest absolute Gasteiger partial charge is 0.0198 e. The van der Waals surface area contributed by atoms with Crippen LogP contribution < -0.4 is 5.32 Å². The van der Waals surface area contributed by atoms with Crippen LogP contribution in [0.15, 0.2) is 0 Å². The average Bonchev–Trinajstić information content (AvgIpc) is 2.90. The molecule has 1 saturated carbocycles. The van der Waals surface area contributed by atoms with Crippen LogP contribution in [0.4, 0.5) is 0 Å². The summed E-state index contributed by atoms with van der Waals surface area (Å²) in [6, 6.07) is 0.762. The van der Waals surface area contributed by atoms with Gasteiger partial charge in [0.15, 0.2) is 0 Å². The van der Waals surface area contributed by atoms with Crippen molar-refractivity contribution >= 4 is 0 Å². The van der Waals surface area contributed by atoms with Crippen molar-refractivity contribution in [3.63, 3.8) is 0 Å². The molecule has 0 aromatic rings. The lowest BCUT2D eigenvalue weighted by molar-refractivity contribution is 0.133. The molecule has 0 aromatic carbocycles. The van der Waals surface area contributed by atoms with Crippen LogP contribution in [-0.2, 0) is 0 Å². The van der Waals surface area contributed by atoms with Gasteiger partial charge in [0.1, 0.15) is 0 Å². The third-order valence-corrected chi connectivity index (χ3v) is 5.02. The number of likely N-dealkylation sites (tertiary alicyclic amines) is 1. The first-order chi connectivity index (χ1) is 9.31. The standard InChI is InChI=1S/C17H34N2/c1-3-7-16-11-17(14-19(13-16)10-4-2)18-12-15-8-5-6-9-15/h15-18H,3-14H2,1-2H3. The van der Waals surface area contributed by atoms with Crippen molar-refractivity contribution in [3.05, 3.63) is 0 Å². The Balaban J connectivity index is 1.76. The molecule has 0 amide bonds. The summed E-state index contributed by atoms with van der Waals surface area (Å²) in [5, 5.41) is 3.90. The van der Waals surface area contributed by atoms with Gasteiger partial charge in [-0.3, -0.25) is 0 Å². The summed E-state index contributed by atoms with van der Waals surface area (Å²) in [4.78, 5) is 2.70. The summed E-state index contributed by atoms with van der Waals surface area (Å²) in [7, 11) is 0. The molecule has 19 heavy (non-hydrogen) atoms. The molecule has 2 heteroatoms. The molecule has 2 fully saturated rings. The molecule has 2 aliphatic rings. The number of piperidine rings is 1. The van der Waals surface area contributed by atoms with E-state index in [0.29, 0.717) is 0 Å². The topological polar surface area (TPSA) is 15.3 Å². The van der Waals surface area contributed by atoms with Gasteiger partial charge in [0, 0.05) is 19.1 Å². The fraction of sp³-hybridized carbons (Fsp3) is 1.00. The average molecular weight is 266 g/mol. The predicted molar refractivity (Wildman–Crippen MR) is 83.5 cm³/mol. The summed E-state index contributed by atoms with van der Waals surface area (Å²) in [6.07, 6.45) is 11.4. The monoisotopic (exact) mass is 266 g/mol. The molecular weight excluding hydrogens is 232 g/mol. The molecule has 1 saturated heterocycles. The third kappa shape index (κ3) is 5.07. The van der Waals surface area contributed by atoms with E-state index < -0.39 is 0 Å². The maximum Gasteiger partial charge on any atom is 0.0198 e. The zero-order chi connectivity index (χ0) is 13.5. The lowest BCUT2D eigenvalue weighted by atomic mass is 9.90. The number of nitrogens with one attached hydrogen (secondary N) is 1. The second kappa shape index (κ2) is 8.26. The molecule has 2 nitrogen and oxygen atoms in total. The second-order valence-electron chi connectivity index (χ2n) is 6.91. The molecule has 0 radical (unpaired) electrons. The first kappa shape index (κ1) is 15.3. The van der Waals surface area contributed by atoms with Gasteiger partial charge in [0.25, 0.3) is 0 Å². The highest BCUT2D eigenvalue weighted by molar-refractivity contribution is 4.84. The number of hydrogen-bond donors (Lipinski definition) is 1. The van der Waals surface area contributed by atoms with E-state index in [-0.39, 0.29) is 0 Å². The SMILES string of the molecule is CCCC1CC(NCC2CCCC2)CN(CCC)C1. The number of hydrogen-bond acceptors (Lipinski definition) is 2. The molecule has 1 heterocycles. The highest BCUT2D eigenvalue weighted by Gasteiger charge is 2.26. The molecule has 2 unspecified atom stereocenters. The molecule has 2 atom stereocenters. The van der Waals surface area contributed by atoms with Crippen molar-refractivity contribution in [1.82, 2.24) is 10.2 Å². The van der Waals surface area contributed by atoms with Crippen LogP contribution in [0, 0.1) is 11.8 Å². The van der Waals surface area contributed by atoms with Gasteiger partial charge in [-0.2, -0.15) is 0 Å². The summed E-state index contributed by atoms with van der Waals surface area (Å²) in [5.41, 5.74) is 0. The van der Waals surface area contributed by atoms with E-state index in [1.165, 1.54) is 77.5 Å². The van der Waals surface area contributed by atoms with Crippen molar-refractivity contribution in [3.8, 4) is 0 Å². The van der Waals surface area contributed by atoms with E-state index in [9.17, 15) is 0 Å². The minimum Gasteiger partial charge on any atom is -0.312 e. The maximum absolute atomic E-state index is 3.90. The normalized spacial score (nSPS) is 30.0. The van der Waals surface area contributed by atoms with Crippen molar-refractivity contribution in [2.75, 3.05) is 26.2 Å². The molecule has 0 bridgehead atoms. The summed E-state index contributed by atoms with van der Waals surface area (Å²) < 4.78 is 0. The van der Waals surface area contributed by atoms with Gasteiger partial charge >= 0.3 is 0 Å². The Morgan fingerprint density at radius 2 is 1.79 bits per heavy atom. The lowest BCUT2D eigenvalue weighted by Gasteiger charge is -2.38. The lowest BCUT2D eigenvalue weighted by Crippen LogP contribution is -2.50. The Labute approximate surface area is 120 Å². The molecular formula is C17H34N2. The summed E-state index contributed by atoms with van der Waals surface area (Å²) >= 11 is 0. The Morgan fingerprint density at radius 1 is 1.00 bits per heavy atom. The zero-order valence-corrected chi connectivity index (χ0v) is 13.2. The Kier molecular flexibility index (Phi) is 6.66. The second-order valence-corrected chi connectivity index (χ2v) is 6.91. The van der Waals surface area contributed by atoms with E-state index in [0.717, 1.165) is 17.9 Å². The summed E-state index contributed by atoms with van der Waals surface area (Å²) in [5.74, 6) is 1.91. The van der Waals surface area contributed by atoms with Crippen LogP contribution in [0.25, 0.3) is 0 Å². The minimum absolute atomic E-state index is 0.762. The third-order valence-electron chi connectivity index (χ3n) is 5.02. The molecule has 112 valence electrons. The van der Waals surface area contributed by atoms with E-state index >= 15 is 0 Å². The van der Waals surface area contributed by atoms with Crippen molar-refractivity contribution in [2.45, 2.75) is 71.3 Å². The number of nitrogens with zero attached hydrogens (tertiary/aromatic N) is 1. The molecule has 2 rings (SSSR count). The van der Waals surface area contributed by atoms with E-state index in [1.54, 1.807) is 0 Å². The fourth-order valence-electron chi connectivity index (χ4n) is 4.11. The molecule has 0 spiro atoms. The first-order valence-electron chi connectivity index (χ1n) is 8.77. The highest BCUT2D eigenvalue weighted by atomic mass is 15.2. The Morgan fingerprint density at radius 3 is 2.47 bits per heavy atom. The molecule has 0 aromatic heterocycles. The van der Waals surface area contributed by atoms with Gasteiger partial charge in [0.05, 0.1) is 0 Å².